The highest BCUT2D eigenvalue weighted by molar-refractivity contribution is 9.10. The summed E-state index contributed by atoms with van der Waals surface area (Å²) >= 11 is 3.52. The van der Waals surface area contributed by atoms with E-state index < -0.39 is 0 Å². The number of hydrogen-bond donors (Lipinski definition) is 0. The van der Waals surface area contributed by atoms with E-state index in [2.05, 4.69) is 46.3 Å². The van der Waals surface area contributed by atoms with Crippen molar-refractivity contribution in [2.24, 2.45) is 0 Å². The zero-order valence-corrected chi connectivity index (χ0v) is 8.26. The summed E-state index contributed by atoms with van der Waals surface area (Å²) in [6.45, 7) is 0. The maximum absolute atomic E-state index is 3.52. The monoisotopic (exact) mass is 220 g/mol. The molecule has 0 nitrogen and oxygen atoms in total. The van der Waals surface area contributed by atoms with Gasteiger partial charge in [0, 0.05) is 9.89 Å². The average molecular weight is 221 g/mol. The van der Waals surface area contributed by atoms with Crippen molar-refractivity contribution in [2.75, 3.05) is 0 Å². The predicted molar refractivity (Wildman–Crippen MR) is 54.1 cm³/mol. The van der Waals surface area contributed by atoms with Gasteiger partial charge in [-0.25, -0.2) is 0 Å². The van der Waals surface area contributed by atoms with Crippen molar-refractivity contribution in [1.29, 1.82) is 0 Å². The summed E-state index contributed by atoms with van der Waals surface area (Å²) in [5.41, 5.74) is 3.40. The van der Waals surface area contributed by atoms with E-state index in [1.54, 1.807) is 0 Å². The van der Waals surface area contributed by atoms with Gasteiger partial charge in [0.2, 0.25) is 0 Å². The van der Waals surface area contributed by atoms with Crippen LogP contribution >= 0.6 is 15.9 Å². The Morgan fingerprint density at radius 1 is 1.25 bits per heavy atom. The van der Waals surface area contributed by atoms with Gasteiger partial charge < -0.3 is 0 Å². The molecule has 2 aliphatic rings. The standard InChI is InChI=1S/C11H9Br/c12-9-2-1-8-3-4-11(5-6-11)10(8)7-9/h1-4,7H,5-6H2. The fourth-order valence-corrected chi connectivity index (χ4v) is 2.38. The molecule has 0 aromatic heterocycles. The van der Waals surface area contributed by atoms with E-state index in [1.165, 1.54) is 28.4 Å². The van der Waals surface area contributed by atoms with Crippen molar-refractivity contribution < 1.29 is 0 Å². The van der Waals surface area contributed by atoms with Crippen molar-refractivity contribution in [1.82, 2.24) is 0 Å². The topological polar surface area (TPSA) is 0 Å². The maximum Gasteiger partial charge on any atom is 0.0178 e. The average Bonchev–Trinajstić information content (AvgIpc) is 2.74. The molecule has 1 heteroatoms. The van der Waals surface area contributed by atoms with Crippen LogP contribution in [0.2, 0.25) is 0 Å². The summed E-state index contributed by atoms with van der Waals surface area (Å²) in [6.07, 6.45) is 7.30. The Kier molecular flexibility index (Phi) is 1.16. The second-order valence-corrected chi connectivity index (χ2v) is 4.64. The molecule has 0 amide bonds. The Balaban J connectivity index is 2.25. The van der Waals surface area contributed by atoms with E-state index in [-0.39, 0.29) is 0 Å². The molecule has 0 bridgehead atoms. The number of rotatable bonds is 0. The fourth-order valence-electron chi connectivity index (χ4n) is 2.01. The van der Waals surface area contributed by atoms with Crippen molar-refractivity contribution in [3.8, 4) is 0 Å². The Morgan fingerprint density at radius 2 is 2.08 bits per heavy atom. The summed E-state index contributed by atoms with van der Waals surface area (Å²) in [5.74, 6) is 0. The minimum absolute atomic E-state index is 0.457. The third-order valence-electron chi connectivity index (χ3n) is 2.92. The highest BCUT2D eigenvalue weighted by Gasteiger charge is 2.45. The molecule has 1 aromatic carbocycles. The predicted octanol–water partition coefficient (Wildman–Crippen LogP) is 3.51. The van der Waals surface area contributed by atoms with E-state index in [0.29, 0.717) is 5.41 Å². The minimum Gasteiger partial charge on any atom is -0.0733 e. The molecule has 1 saturated carbocycles. The molecular weight excluding hydrogens is 212 g/mol. The van der Waals surface area contributed by atoms with Crippen molar-refractivity contribution in [2.45, 2.75) is 18.3 Å². The minimum atomic E-state index is 0.457. The lowest BCUT2D eigenvalue weighted by Gasteiger charge is -2.07. The molecule has 0 saturated heterocycles. The van der Waals surface area contributed by atoms with Crippen LogP contribution in [-0.2, 0) is 5.41 Å². The second-order valence-electron chi connectivity index (χ2n) is 3.72. The van der Waals surface area contributed by atoms with E-state index >= 15 is 0 Å². The van der Waals surface area contributed by atoms with Crippen LogP contribution < -0.4 is 0 Å². The lowest BCUT2D eigenvalue weighted by Crippen LogP contribution is -1.98. The third-order valence-corrected chi connectivity index (χ3v) is 3.42. The van der Waals surface area contributed by atoms with Gasteiger partial charge in [-0.2, -0.15) is 0 Å². The SMILES string of the molecule is Brc1ccc2c(c1)C1(C=C2)CC1. The molecule has 0 radical (unpaired) electrons. The van der Waals surface area contributed by atoms with Crippen LogP contribution in [0.5, 0.6) is 0 Å². The first kappa shape index (κ1) is 6.90. The smallest absolute Gasteiger partial charge is 0.0178 e. The quantitative estimate of drug-likeness (QED) is 0.628. The molecular formula is C11H9Br. The largest absolute Gasteiger partial charge is 0.0733 e. The van der Waals surface area contributed by atoms with Crippen LogP contribution in [0.1, 0.15) is 24.0 Å². The van der Waals surface area contributed by atoms with Crippen LogP contribution in [0.25, 0.3) is 6.08 Å². The van der Waals surface area contributed by atoms with Crippen molar-refractivity contribution >= 4 is 22.0 Å². The lowest BCUT2D eigenvalue weighted by atomic mass is 9.98. The number of hydrogen-bond acceptors (Lipinski definition) is 0. The number of halogens is 1. The summed E-state index contributed by atoms with van der Waals surface area (Å²) in [6, 6.07) is 6.58. The van der Waals surface area contributed by atoms with E-state index in [9.17, 15) is 0 Å². The second kappa shape index (κ2) is 2.02. The molecule has 3 rings (SSSR count). The molecule has 60 valence electrons. The Labute approximate surface area is 80.4 Å². The van der Waals surface area contributed by atoms with Gasteiger partial charge in [-0.1, -0.05) is 34.1 Å². The Morgan fingerprint density at radius 3 is 2.83 bits per heavy atom. The highest BCUT2D eigenvalue weighted by Crippen LogP contribution is 2.54. The first-order chi connectivity index (χ1) is 5.80. The van der Waals surface area contributed by atoms with E-state index in [1.807, 2.05) is 0 Å². The van der Waals surface area contributed by atoms with Gasteiger partial charge in [0.05, 0.1) is 0 Å². The lowest BCUT2D eigenvalue weighted by molar-refractivity contribution is 0.912. The maximum atomic E-state index is 3.52. The zero-order chi connectivity index (χ0) is 8.18. The molecule has 1 spiro atoms. The van der Waals surface area contributed by atoms with Crippen molar-refractivity contribution in [3.05, 3.63) is 39.9 Å². The molecule has 1 fully saturated rings. The van der Waals surface area contributed by atoms with Gasteiger partial charge in [-0.15, -0.1) is 0 Å². The summed E-state index contributed by atoms with van der Waals surface area (Å²) in [4.78, 5) is 0. The van der Waals surface area contributed by atoms with Crippen LogP contribution in [0.4, 0.5) is 0 Å². The normalized spacial score (nSPS) is 21.4. The van der Waals surface area contributed by atoms with E-state index in [0.717, 1.165) is 0 Å². The molecule has 2 aliphatic carbocycles. The van der Waals surface area contributed by atoms with Crippen LogP contribution in [-0.4, -0.2) is 0 Å². The highest BCUT2D eigenvalue weighted by atomic mass is 79.9. The van der Waals surface area contributed by atoms with Gasteiger partial charge in [0.1, 0.15) is 0 Å². The summed E-state index contributed by atoms with van der Waals surface area (Å²) < 4.78 is 1.20. The molecule has 1 aromatic rings. The number of fused-ring (bicyclic) bond motifs is 2. The third kappa shape index (κ3) is 0.776. The van der Waals surface area contributed by atoms with Gasteiger partial charge >= 0.3 is 0 Å². The summed E-state index contributed by atoms with van der Waals surface area (Å²) in [5, 5.41) is 0. The fraction of sp³-hybridized carbons (Fsp3) is 0.273. The number of benzene rings is 1. The van der Waals surface area contributed by atoms with Crippen LogP contribution in [0.3, 0.4) is 0 Å². The zero-order valence-electron chi connectivity index (χ0n) is 6.68. The first-order valence-corrected chi connectivity index (χ1v) is 5.09. The van der Waals surface area contributed by atoms with Crippen LogP contribution in [0, 0.1) is 0 Å². The Bertz CT molecular complexity index is 373. The van der Waals surface area contributed by atoms with Gasteiger partial charge in [0.15, 0.2) is 0 Å². The Hall–Kier alpha value is -0.560. The molecule has 0 heterocycles. The van der Waals surface area contributed by atoms with E-state index in [4.69, 9.17) is 0 Å². The molecule has 0 aliphatic heterocycles. The molecule has 12 heavy (non-hydrogen) atoms. The first-order valence-electron chi connectivity index (χ1n) is 4.29. The molecule has 0 unspecified atom stereocenters. The molecule has 0 N–H and O–H groups in total. The summed E-state index contributed by atoms with van der Waals surface area (Å²) in [7, 11) is 0. The van der Waals surface area contributed by atoms with Gasteiger partial charge in [-0.05, 0) is 36.1 Å². The molecule has 0 atom stereocenters. The van der Waals surface area contributed by atoms with Gasteiger partial charge in [-0.3, -0.25) is 0 Å². The van der Waals surface area contributed by atoms with Gasteiger partial charge in [0.25, 0.3) is 0 Å². The van der Waals surface area contributed by atoms with Crippen molar-refractivity contribution in [3.63, 3.8) is 0 Å². The van der Waals surface area contributed by atoms with Crippen LogP contribution in [0.15, 0.2) is 28.7 Å². The number of allylic oxidation sites excluding steroid dienone is 1.